The molecule has 0 fully saturated rings. The third-order valence-electron chi connectivity index (χ3n) is 3.99. The highest BCUT2D eigenvalue weighted by Gasteiger charge is 2.36. The molecular weight excluding hydrogens is 270 g/mol. The number of hydrogen-bond acceptors (Lipinski definition) is 5. The number of aromatic nitrogens is 3. The number of aliphatic hydroxyl groups is 3. The minimum atomic E-state index is -1.06. The molecule has 0 saturated heterocycles. The zero-order valence-corrected chi connectivity index (χ0v) is 11.6. The van der Waals surface area contributed by atoms with Crippen molar-refractivity contribution in [1.29, 1.82) is 0 Å². The van der Waals surface area contributed by atoms with Gasteiger partial charge in [0.05, 0.1) is 18.3 Å². The van der Waals surface area contributed by atoms with Gasteiger partial charge < -0.3 is 19.9 Å². The quantitative estimate of drug-likeness (QED) is 0.718. The highest BCUT2D eigenvalue weighted by molar-refractivity contribution is 5.88. The topological polar surface area (TPSA) is 91.4 Å². The van der Waals surface area contributed by atoms with Gasteiger partial charge in [-0.25, -0.2) is 9.97 Å². The molecule has 3 atom stereocenters. The average molecular weight is 287 g/mol. The van der Waals surface area contributed by atoms with E-state index in [1.165, 1.54) is 6.33 Å². The van der Waals surface area contributed by atoms with Crippen molar-refractivity contribution in [3.8, 4) is 0 Å². The van der Waals surface area contributed by atoms with Crippen molar-refractivity contribution in [3.05, 3.63) is 42.0 Å². The largest absolute Gasteiger partial charge is 0.392 e. The van der Waals surface area contributed by atoms with Crippen LogP contribution < -0.4 is 0 Å². The zero-order valence-electron chi connectivity index (χ0n) is 11.6. The first kappa shape index (κ1) is 13.9. The van der Waals surface area contributed by atoms with Crippen molar-refractivity contribution < 1.29 is 15.3 Å². The second kappa shape index (κ2) is 5.07. The summed E-state index contributed by atoms with van der Waals surface area (Å²) in [6.07, 6.45) is 4.61. The molecule has 0 spiro atoms. The van der Waals surface area contributed by atoms with E-state index in [1.807, 2.05) is 13.1 Å². The van der Waals surface area contributed by atoms with E-state index in [4.69, 9.17) is 0 Å². The Morgan fingerprint density at radius 1 is 1.38 bits per heavy atom. The minimum Gasteiger partial charge on any atom is -0.392 e. The first-order valence-electron chi connectivity index (χ1n) is 6.70. The molecule has 110 valence electrons. The summed E-state index contributed by atoms with van der Waals surface area (Å²) in [5.74, 6) is 0. The van der Waals surface area contributed by atoms with E-state index in [-0.39, 0.29) is 6.61 Å². The van der Waals surface area contributed by atoms with Crippen LogP contribution in [0.25, 0.3) is 17.1 Å². The first-order chi connectivity index (χ1) is 10.1. The minimum absolute atomic E-state index is 0.281. The van der Waals surface area contributed by atoms with Crippen LogP contribution in [0.15, 0.2) is 30.8 Å². The van der Waals surface area contributed by atoms with E-state index in [0.29, 0.717) is 11.2 Å². The van der Waals surface area contributed by atoms with Gasteiger partial charge in [0.2, 0.25) is 0 Å². The molecule has 1 aliphatic rings. The molecular formula is C15H17N3O3. The third kappa shape index (κ3) is 1.99. The summed E-state index contributed by atoms with van der Waals surface area (Å²) in [5, 5.41) is 30.3. The van der Waals surface area contributed by atoms with Gasteiger partial charge in [0.1, 0.15) is 24.2 Å². The average Bonchev–Trinajstić information content (AvgIpc) is 2.99. The van der Waals surface area contributed by atoms with E-state index in [1.54, 1.807) is 16.7 Å². The number of fused-ring (bicyclic) bond motifs is 1. The maximum atomic E-state index is 10.2. The lowest BCUT2D eigenvalue weighted by Crippen LogP contribution is -2.30. The van der Waals surface area contributed by atoms with Crippen LogP contribution in [-0.4, -0.2) is 48.7 Å². The van der Waals surface area contributed by atoms with Gasteiger partial charge in [0, 0.05) is 17.1 Å². The van der Waals surface area contributed by atoms with E-state index >= 15 is 0 Å². The molecule has 6 nitrogen and oxygen atoms in total. The summed E-state index contributed by atoms with van der Waals surface area (Å²) in [4.78, 5) is 8.47. The van der Waals surface area contributed by atoms with Crippen molar-refractivity contribution in [2.45, 2.75) is 25.2 Å². The van der Waals surface area contributed by atoms with Crippen molar-refractivity contribution >= 4 is 17.1 Å². The third-order valence-corrected chi connectivity index (χ3v) is 3.99. The fraction of sp³-hybridized carbons (Fsp3) is 0.333. The van der Waals surface area contributed by atoms with Crippen LogP contribution in [0, 0.1) is 6.92 Å². The molecule has 0 bridgehead atoms. The molecule has 0 unspecified atom stereocenters. The second-order valence-corrected chi connectivity index (χ2v) is 5.18. The summed E-state index contributed by atoms with van der Waals surface area (Å²) < 4.78 is 1.79. The van der Waals surface area contributed by atoms with Gasteiger partial charge in [-0.05, 0) is 12.5 Å². The summed E-state index contributed by atoms with van der Waals surface area (Å²) in [5.41, 5.74) is 2.79. The van der Waals surface area contributed by atoms with E-state index in [2.05, 4.69) is 16.5 Å². The fourth-order valence-corrected chi connectivity index (χ4v) is 2.87. The molecule has 0 radical (unpaired) electrons. The second-order valence-electron chi connectivity index (χ2n) is 5.18. The molecule has 0 aliphatic heterocycles. The number of hydrogen-bond donors (Lipinski definition) is 3. The normalized spacial score (nSPS) is 25.3. The maximum Gasteiger partial charge on any atom is 0.144 e. The lowest BCUT2D eigenvalue weighted by Gasteiger charge is -2.19. The van der Waals surface area contributed by atoms with Crippen LogP contribution in [0.3, 0.4) is 0 Å². The zero-order chi connectivity index (χ0) is 15.1. The van der Waals surface area contributed by atoms with Gasteiger partial charge in [-0.2, -0.15) is 0 Å². The molecule has 1 aliphatic carbocycles. The number of aliphatic hydroxyl groups excluding tert-OH is 3. The standard InChI is InChI=1S/C15H17N3O3/c1-3-9-5-18(15-12(9)8(2)16-7-17-15)11-4-10(6-19)13(20)14(11)21/h3-5,7,11,13-14,19-21H,1,6H2,2H3/t11-,13-,14+/m1/s1. The molecule has 3 rings (SSSR count). The van der Waals surface area contributed by atoms with Gasteiger partial charge in [-0.3, -0.25) is 0 Å². The lowest BCUT2D eigenvalue weighted by molar-refractivity contribution is 0.0288. The Morgan fingerprint density at radius 2 is 2.14 bits per heavy atom. The highest BCUT2D eigenvalue weighted by atomic mass is 16.3. The van der Waals surface area contributed by atoms with Crippen molar-refractivity contribution in [3.63, 3.8) is 0 Å². The predicted octanol–water partition coefficient (Wildman–Crippen LogP) is 0.578. The van der Waals surface area contributed by atoms with Crippen LogP contribution in [-0.2, 0) is 0 Å². The summed E-state index contributed by atoms with van der Waals surface area (Å²) in [6.45, 7) is 5.39. The van der Waals surface area contributed by atoms with Gasteiger partial charge in [-0.15, -0.1) is 0 Å². The van der Waals surface area contributed by atoms with Gasteiger partial charge in [-0.1, -0.05) is 18.7 Å². The predicted molar refractivity (Wildman–Crippen MR) is 78.6 cm³/mol. The lowest BCUT2D eigenvalue weighted by atomic mass is 10.1. The molecule has 0 aromatic carbocycles. The van der Waals surface area contributed by atoms with Crippen molar-refractivity contribution in [2.75, 3.05) is 6.61 Å². The molecule has 2 aromatic rings. The Bertz CT molecular complexity index is 735. The maximum absolute atomic E-state index is 10.2. The molecule has 2 heterocycles. The Kier molecular flexibility index (Phi) is 3.36. The molecule has 21 heavy (non-hydrogen) atoms. The number of aryl methyl sites for hydroxylation is 1. The summed E-state index contributed by atoms with van der Waals surface area (Å²) in [7, 11) is 0. The monoisotopic (exact) mass is 287 g/mol. The molecule has 0 amide bonds. The smallest absolute Gasteiger partial charge is 0.144 e. The van der Waals surface area contributed by atoms with Crippen LogP contribution in [0.2, 0.25) is 0 Å². The van der Waals surface area contributed by atoms with Crippen molar-refractivity contribution in [2.24, 2.45) is 0 Å². The van der Waals surface area contributed by atoms with Crippen molar-refractivity contribution in [1.82, 2.24) is 14.5 Å². The highest BCUT2D eigenvalue weighted by Crippen LogP contribution is 2.34. The molecule has 6 heteroatoms. The Hall–Kier alpha value is -2.02. The molecule has 0 saturated carbocycles. The van der Waals surface area contributed by atoms with E-state index < -0.39 is 18.2 Å². The Morgan fingerprint density at radius 3 is 2.76 bits per heavy atom. The number of nitrogens with zero attached hydrogens (tertiary/aromatic N) is 3. The van der Waals surface area contributed by atoms with Crippen LogP contribution >= 0.6 is 0 Å². The Labute approximate surface area is 121 Å². The molecule has 2 aromatic heterocycles. The van der Waals surface area contributed by atoms with Crippen LogP contribution in [0.5, 0.6) is 0 Å². The first-order valence-corrected chi connectivity index (χ1v) is 6.70. The van der Waals surface area contributed by atoms with Gasteiger partial charge >= 0.3 is 0 Å². The molecule has 3 N–H and O–H groups in total. The van der Waals surface area contributed by atoms with E-state index in [0.717, 1.165) is 16.6 Å². The Balaban J connectivity index is 2.20. The van der Waals surface area contributed by atoms with Gasteiger partial charge in [0.15, 0.2) is 0 Å². The SMILES string of the molecule is C=Cc1cn([C@@H]2C=C(CO)[C@@H](O)[C@H]2O)c2ncnc(C)c12. The number of rotatable bonds is 3. The van der Waals surface area contributed by atoms with Crippen LogP contribution in [0.1, 0.15) is 17.3 Å². The van der Waals surface area contributed by atoms with E-state index in [9.17, 15) is 15.3 Å². The van der Waals surface area contributed by atoms with Gasteiger partial charge in [0.25, 0.3) is 0 Å². The fourth-order valence-electron chi connectivity index (χ4n) is 2.87. The summed E-state index contributed by atoms with van der Waals surface area (Å²) >= 11 is 0. The summed E-state index contributed by atoms with van der Waals surface area (Å²) in [6, 6.07) is -0.479. The van der Waals surface area contributed by atoms with Crippen LogP contribution in [0.4, 0.5) is 0 Å².